The van der Waals surface area contributed by atoms with Crippen molar-refractivity contribution in [3.8, 4) is 5.75 Å². The molecule has 0 aromatic heterocycles. The molecule has 1 N–H and O–H groups in total. The first-order valence-electron chi connectivity index (χ1n) is 7.45. The van der Waals surface area contributed by atoms with Crippen molar-refractivity contribution >= 4 is 15.9 Å². The van der Waals surface area contributed by atoms with Crippen molar-refractivity contribution in [3.63, 3.8) is 0 Å². The number of benzene rings is 1. The van der Waals surface area contributed by atoms with Gasteiger partial charge in [0.1, 0.15) is 11.4 Å². The van der Waals surface area contributed by atoms with Gasteiger partial charge in [0, 0.05) is 41.5 Å². The Morgan fingerprint density at radius 2 is 2.25 bits per heavy atom. The molecule has 0 radical (unpaired) electrons. The Hall–Kier alpha value is -0.580. The third-order valence-corrected chi connectivity index (χ3v) is 5.15. The summed E-state index contributed by atoms with van der Waals surface area (Å²) in [5, 5.41) is 3.63. The van der Waals surface area contributed by atoms with E-state index in [1.54, 1.807) is 0 Å². The SMILES string of the molecule is CCNC1CC2(CC(C)N(C)C2)Oc2cc(Br)ccc21. The fraction of sp³-hybridized carbons (Fsp3) is 0.625. The summed E-state index contributed by atoms with van der Waals surface area (Å²) in [5.74, 6) is 1.04. The Kier molecular flexibility index (Phi) is 3.82. The first-order chi connectivity index (χ1) is 9.53. The van der Waals surface area contributed by atoms with Gasteiger partial charge in [-0.2, -0.15) is 0 Å². The topological polar surface area (TPSA) is 24.5 Å². The van der Waals surface area contributed by atoms with E-state index < -0.39 is 0 Å². The zero-order chi connectivity index (χ0) is 14.3. The predicted octanol–water partition coefficient (Wildman–Crippen LogP) is 3.35. The number of hydrogen-bond donors (Lipinski definition) is 1. The molecule has 1 fully saturated rings. The molecule has 3 atom stereocenters. The van der Waals surface area contributed by atoms with Crippen molar-refractivity contribution in [2.75, 3.05) is 20.1 Å². The van der Waals surface area contributed by atoms with Crippen LogP contribution < -0.4 is 10.1 Å². The summed E-state index contributed by atoms with van der Waals surface area (Å²) >= 11 is 3.56. The second kappa shape index (κ2) is 5.32. The number of hydrogen-bond acceptors (Lipinski definition) is 3. The lowest BCUT2D eigenvalue weighted by Crippen LogP contribution is -2.45. The van der Waals surface area contributed by atoms with Gasteiger partial charge in [-0.25, -0.2) is 0 Å². The largest absolute Gasteiger partial charge is 0.485 e. The maximum atomic E-state index is 6.47. The fourth-order valence-electron chi connectivity index (χ4n) is 3.66. The summed E-state index contributed by atoms with van der Waals surface area (Å²) in [6.07, 6.45) is 2.17. The predicted molar refractivity (Wildman–Crippen MR) is 85.2 cm³/mol. The Labute approximate surface area is 129 Å². The second-order valence-corrected chi connectivity index (χ2v) is 7.17. The first kappa shape index (κ1) is 14.4. The molecule has 1 aromatic carbocycles. The van der Waals surface area contributed by atoms with Crippen LogP contribution >= 0.6 is 15.9 Å². The molecule has 0 bridgehead atoms. The van der Waals surface area contributed by atoms with Gasteiger partial charge in [0.05, 0.1) is 0 Å². The van der Waals surface area contributed by atoms with Crippen LogP contribution in [0.15, 0.2) is 22.7 Å². The Morgan fingerprint density at radius 3 is 2.90 bits per heavy atom. The van der Waals surface area contributed by atoms with Gasteiger partial charge >= 0.3 is 0 Å². The van der Waals surface area contributed by atoms with Crippen molar-refractivity contribution in [2.24, 2.45) is 0 Å². The zero-order valence-electron chi connectivity index (χ0n) is 12.4. The molecular weight excluding hydrogens is 316 g/mol. The van der Waals surface area contributed by atoms with E-state index in [2.05, 4.69) is 65.2 Å². The normalized spacial score (nSPS) is 33.2. The average molecular weight is 339 g/mol. The fourth-order valence-corrected chi connectivity index (χ4v) is 4.00. The highest BCUT2D eigenvalue weighted by molar-refractivity contribution is 9.10. The molecule has 3 rings (SSSR count). The van der Waals surface area contributed by atoms with Crippen molar-refractivity contribution in [1.82, 2.24) is 10.2 Å². The van der Waals surface area contributed by atoms with Crippen molar-refractivity contribution in [3.05, 3.63) is 28.2 Å². The molecule has 0 aliphatic carbocycles. The number of likely N-dealkylation sites (N-methyl/N-ethyl adjacent to an activating group) is 1. The summed E-state index contributed by atoms with van der Waals surface area (Å²) in [6.45, 7) is 6.46. The lowest BCUT2D eigenvalue weighted by molar-refractivity contribution is 0.0407. The van der Waals surface area contributed by atoms with E-state index in [4.69, 9.17) is 4.74 Å². The summed E-state index contributed by atoms with van der Waals surface area (Å²) in [4.78, 5) is 2.41. The monoisotopic (exact) mass is 338 g/mol. The zero-order valence-corrected chi connectivity index (χ0v) is 14.0. The molecule has 2 aliphatic heterocycles. The van der Waals surface area contributed by atoms with E-state index in [9.17, 15) is 0 Å². The smallest absolute Gasteiger partial charge is 0.126 e. The van der Waals surface area contributed by atoms with Crippen molar-refractivity contribution in [1.29, 1.82) is 0 Å². The number of rotatable bonds is 2. The van der Waals surface area contributed by atoms with Gasteiger partial charge in [-0.05, 0) is 32.6 Å². The number of nitrogens with zero attached hydrogens (tertiary/aromatic N) is 1. The molecule has 1 aromatic rings. The van der Waals surface area contributed by atoms with Crippen LogP contribution in [0.2, 0.25) is 0 Å². The third kappa shape index (κ3) is 2.49. The van der Waals surface area contributed by atoms with Crippen LogP contribution in [-0.4, -0.2) is 36.7 Å². The van der Waals surface area contributed by atoms with Crippen LogP contribution in [0.4, 0.5) is 0 Å². The van der Waals surface area contributed by atoms with Crippen LogP contribution in [0.3, 0.4) is 0 Å². The molecule has 1 saturated heterocycles. The molecule has 110 valence electrons. The van der Waals surface area contributed by atoms with E-state index in [-0.39, 0.29) is 5.60 Å². The maximum Gasteiger partial charge on any atom is 0.126 e. The minimum atomic E-state index is -0.0329. The molecule has 2 aliphatic rings. The summed E-state index contributed by atoms with van der Waals surface area (Å²) in [5.41, 5.74) is 1.26. The Morgan fingerprint density at radius 1 is 1.45 bits per heavy atom. The van der Waals surface area contributed by atoms with Crippen LogP contribution in [0.25, 0.3) is 0 Å². The summed E-state index contributed by atoms with van der Waals surface area (Å²) in [7, 11) is 2.20. The van der Waals surface area contributed by atoms with Crippen molar-refractivity contribution in [2.45, 2.75) is 44.4 Å². The van der Waals surface area contributed by atoms with Gasteiger partial charge in [-0.1, -0.05) is 28.9 Å². The highest BCUT2D eigenvalue weighted by Crippen LogP contribution is 2.45. The molecule has 0 saturated carbocycles. The quantitative estimate of drug-likeness (QED) is 0.894. The number of nitrogens with one attached hydrogen (secondary N) is 1. The molecule has 3 unspecified atom stereocenters. The average Bonchev–Trinajstić information content (AvgIpc) is 2.63. The molecule has 20 heavy (non-hydrogen) atoms. The van der Waals surface area contributed by atoms with Gasteiger partial charge < -0.3 is 10.1 Å². The molecule has 3 nitrogen and oxygen atoms in total. The van der Waals surface area contributed by atoms with Gasteiger partial charge in [0.25, 0.3) is 0 Å². The highest BCUT2D eigenvalue weighted by Gasteiger charge is 2.47. The minimum Gasteiger partial charge on any atom is -0.485 e. The van der Waals surface area contributed by atoms with Gasteiger partial charge in [-0.3, -0.25) is 4.90 Å². The Bertz CT molecular complexity index is 495. The maximum absolute atomic E-state index is 6.47. The molecule has 1 spiro atoms. The van der Waals surface area contributed by atoms with Crippen LogP contribution in [-0.2, 0) is 0 Å². The molecule has 0 amide bonds. The number of likely N-dealkylation sites (tertiary alicyclic amines) is 1. The Balaban J connectivity index is 1.96. The van der Waals surface area contributed by atoms with E-state index >= 15 is 0 Å². The first-order valence-corrected chi connectivity index (χ1v) is 8.24. The highest BCUT2D eigenvalue weighted by atomic mass is 79.9. The van der Waals surface area contributed by atoms with Crippen LogP contribution in [0, 0.1) is 0 Å². The molecule has 2 heterocycles. The minimum absolute atomic E-state index is 0.0329. The lowest BCUT2D eigenvalue weighted by Gasteiger charge is -2.40. The van der Waals surface area contributed by atoms with Gasteiger partial charge in [0.2, 0.25) is 0 Å². The molecule has 4 heteroatoms. The van der Waals surface area contributed by atoms with Crippen LogP contribution in [0.5, 0.6) is 5.75 Å². The van der Waals surface area contributed by atoms with E-state index in [0.29, 0.717) is 12.1 Å². The third-order valence-electron chi connectivity index (χ3n) is 4.66. The van der Waals surface area contributed by atoms with E-state index in [1.807, 2.05) is 0 Å². The second-order valence-electron chi connectivity index (χ2n) is 6.25. The lowest BCUT2D eigenvalue weighted by atomic mass is 9.85. The van der Waals surface area contributed by atoms with E-state index in [0.717, 1.165) is 36.2 Å². The molecular formula is C16H23BrN2O. The number of halogens is 1. The summed E-state index contributed by atoms with van der Waals surface area (Å²) < 4.78 is 7.55. The number of ether oxygens (including phenoxy) is 1. The standard InChI is InChI=1S/C16H23BrN2O/c1-4-18-14-9-16(8-11(2)19(3)10-16)20-15-7-12(17)5-6-13(14)15/h5-7,11,14,18H,4,8-10H2,1-3H3. The van der Waals surface area contributed by atoms with Gasteiger partial charge in [0.15, 0.2) is 0 Å². The van der Waals surface area contributed by atoms with E-state index in [1.165, 1.54) is 5.56 Å². The van der Waals surface area contributed by atoms with Gasteiger partial charge in [-0.15, -0.1) is 0 Å². The number of fused-ring (bicyclic) bond motifs is 1. The van der Waals surface area contributed by atoms with Crippen molar-refractivity contribution < 1.29 is 4.74 Å². The van der Waals surface area contributed by atoms with Crippen LogP contribution in [0.1, 0.15) is 38.3 Å². The summed E-state index contributed by atoms with van der Waals surface area (Å²) in [6, 6.07) is 7.39.